The Kier molecular flexibility index (Phi) is 5.10. The molecule has 1 fully saturated rings. The van der Waals surface area contributed by atoms with Gasteiger partial charge in [0.25, 0.3) is 0 Å². The molecule has 1 saturated carbocycles. The molecular formula is C14H12IN2Rb. The summed E-state index contributed by atoms with van der Waals surface area (Å²) in [5.41, 5.74) is 11.2. The number of nitrogens with zero attached hydrogens (tertiary/aromatic N) is 1. The van der Waals surface area contributed by atoms with Gasteiger partial charge in [0.05, 0.1) is 4.43 Å². The van der Waals surface area contributed by atoms with E-state index in [1.165, 1.54) is 12.0 Å². The van der Waals surface area contributed by atoms with Gasteiger partial charge in [0.1, 0.15) is 0 Å². The van der Waals surface area contributed by atoms with Crippen LogP contribution in [0.3, 0.4) is 0 Å². The van der Waals surface area contributed by atoms with Crippen molar-refractivity contribution < 1.29 is 58.2 Å². The summed E-state index contributed by atoms with van der Waals surface area (Å²) < 4.78 is 0.839. The van der Waals surface area contributed by atoms with Crippen molar-refractivity contribution >= 4 is 34.1 Å². The molecule has 1 aliphatic heterocycles. The van der Waals surface area contributed by atoms with E-state index in [-0.39, 0.29) is 63.6 Å². The fourth-order valence-electron chi connectivity index (χ4n) is 2.63. The van der Waals surface area contributed by atoms with Crippen molar-refractivity contribution in [1.29, 1.82) is 0 Å². The Morgan fingerprint density at radius 3 is 2.78 bits per heavy atom. The van der Waals surface area contributed by atoms with Crippen LogP contribution in [-0.2, 0) is 5.41 Å². The minimum absolute atomic E-state index is 0. The van der Waals surface area contributed by atoms with Crippen LogP contribution in [-0.4, -0.2) is 10.3 Å². The Labute approximate surface area is 170 Å². The van der Waals surface area contributed by atoms with E-state index in [2.05, 4.69) is 51.6 Å². The molecule has 1 N–H and O–H groups in total. The number of halogens is 1. The summed E-state index contributed by atoms with van der Waals surface area (Å²) in [5, 5.41) is 0. The third-order valence-electron chi connectivity index (χ3n) is 3.71. The first-order chi connectivity index (χ1) is 8.26. The van der Waals surface area contributed by atoms with E-state index in [1.54, 1.807) is 0 Å². The van der Waals surface area contributed by atoms with Crippen LogP contribution in [0.25, 0.3) is 5.73 Å². The van der Waals surface area contributed by atoms with Gasteiger partial charge in [-0.1, -0.05) is 52.8 Å². The van der Waals surface area contributed by atoms with Crippen molar-refractivity contribution in [2.75, 3.05) is 4.43 Å². The third-order valence-corrected chi connectivity index (χ3v) is 4.09. The van der Waals surface area contributed by atoms with E-state index in [1.807, 2.05) is 6.07 Å². The molecule has 0 atom stereocenters. The molecule has 1 aromatic rings. The second-order valence-corrected chi connectivity index (χ2v) is 5.33. The predicted octanol–water partition coefficient (Wildman–Crippen LogP) is 0.995. The zero-order valence-corrected chi connectivity index (χ0v) is 17.5. The fourth-order valence-corrected chi connectivity index (χ4v) is 2.82. The topological polar surface area (TPSA) is 36.2 Å². The molecule has 2 aliphatic rings. The summed E-state index contributed by atoms with van der Waals surface area (Å²) in [7, 11) is 0. The average molecular weight is 421 g/mol. The molecule has 0 bridgehead atoms. The SMILES string of the molecule is [NH-]C1=Nc2cc(C#CCI)ccc2C12CCC2.[Rb+]. The Morgan fingerprint density at radius 1 is 1.39 bits per heavy atom. The molecule has 4 heteroatoms. The van der Waals surface area contributed by atoms with Gasteiger partial charge < -0.3 is 10.7 Å². The molecule has 1 heterocycles. The van der Waals surface area contributed by atoms with E-state index in [0.717, 1.165) is 28.5 Å². The zero-order valence-electron chi connectivity index (χ0n) is 10.4. The molecule has 0 aromatic heterocycles. The minimum atomic E-state index is -0.0371. The second kappa shape index (κ2) is 6.05. The van der Waals surface area contributed by atoms with Gasteiger partial charge in [-0.2, -0.15) is 0 Å². The smallest absolute Gasteiger partial charge is 0.485 e. The quantitative estimate of drug-likeness (QED) is 0.341. The Bertz CT molecular complexity index is 565. The first-order valence-corrected chi connectivity index (χ1v) is 7.29. The molecule has 0 saturated heterocycles. The number of hydrogen-bond donors (Lipinski definition) is 0. The standard InChI is InChI=1S/C14H12IN2.Rb/c15-8-1-3-10-4-5-11-12(9-10)17-13(16)14(11)6-2-7-14;/h4-5,9H,2,6-8H2,(H-,16,17);/q-1;+1. The number of hydrogen-bond acceptors (Lipinski definition) is 1. The maximum atomic E-state index is 8.04. The summed E-state index contributed by atoms with van der Waals surface area (Å²) in [6.45, 7) is 0. The molecule has 0 unspecified atom stereocenters. The number of nitrogens with one attached hydrogen (secondary N) is 1. The zero-order chi connectivity index (χ0) is 11.9. The van der Waals surface area contributed by atoms with Crippen molar-refractivity contribution in [1.82, 2.24) is 0 Å². The van der Waals surface area contributed by atoms with Crippen LogP contribution >= 0.6 is 22.6 Å². The number of fused-ring (bicyclic) bond motifs is 2. The molecule has 1 spiro atoms. The number of amidine groups is 1. The third kappa shape index (κ3) is 2.40. The van der Waals surface area contributed by atoms with Crippen LogP contribution in [0, 0.1) is 11.8 Å². The molecule has 2 nitrogen and oxygen atoms in total. The molecule has 0 amide bonds. The van der Waals surface area contributed by atoms with E-state index in [9.17, 15) is 0 Å². The predicted molar refractivity (Wildman–Crippen MR) is 79.2 cm³/mol. The van der Waals surface area contributed by atoms with Crippen molar-refractivity contribution in [3.63, 3.8) is 0 Å². The number of aliphatic imine (C=N–C) groups is 1. The summed E-state index contributed by atoms with van der Waals surface area (Å²) in [5.74, 6) is 6.72. The van der Waals surface area contributed by atoms with Crippen LogP contribution in [0.4, 0.5) is 5.69 Å². The van der Waals surface area contributed by atoms with Gasteiger partial charge in [-0.25, -0.2) is 0 Å². The molecule has 1 aromatic carbocycles. The summed E-state index contributed by atoms with van der Waals surface area (Å²) in [4.78, 5) is 4.41. The van der Waals surface area contributed by atoms with Crippen LogP contribution in [0.5, 0.6) is 0 Å². The van der Waals surface area contributed by atoms with Crippen LogP contribution in [0.1, 0.15) is 30.4 Å². The maximum Gasteiger partial charge on any atom is 1.00 e. The van der Waals surface area contributed by atoms with Crippen LogP contribution in [0.15, 0.2) is 23.2 Å². The van der Waals surface area contributed by atoms with Gasteiger partial charge in [-0.15, -0.1) is 0 Å². The molecule has 0 radical (unpaired) electrons. The van der Waals surface area contributed by atoms with Crippen molar-refractivity contribution in [3.05, 3.63) is 35.1 Å². The van der Waals surface area contributed by atoms with Gasteiger partial charge in [0.15, 0.2) is 0 Å². The van der Waals surface area contributed by atoms with Crippen molar-refractivity contribution in [2.45, 2.75) is 24.7 Å². The normalized spacial score (nSPS) is 17.9. The van der Waals surface area contributed by atoms with Gasteiger partial charge in [0, 0.05) is 11.0 Å². The molecule has 3 rings (SSSR count). The number of alkyl halides is 1. The first kappa shape index (κ1) is 15.2. The van der Waals surface area contributed by atoms with Gasteiger partial charge in [-0.05, 0) is 36.2 Å². The Morgan fingerprint density at radius 2 is 2.17 bits per heavy atom. The first-order valence-electron chi connectivity index (χ1n) is 5.76. The van der Waals surface area contributed by atoms with Gasteiger partial charge in [0.2, 0.25) is 0 Å². The molecular weight excluding hydrogens is 409 g/mol. The number of rotatable bonds is 0. The van der Waals surface area contributed by atoms with Crippen LogP contribution in [0.2, 0.25) is 0 Å². The van der Waals surface area contributed by atoms with Gasteiger partial charge >= 0.3 is 58.2 Å². The molecule has 18 heavy (non-hydrogen) atoms. The number of benzene rings is 1. The maximum absolute atomic E-state index is 8.04. The van der Waals surface area contributed by atoms with Crippen LogP contribution < -0.4 is 58.2 Å². The fraction of sp³-hybridized carbons (Fsp3) is 0.357. The van der Waals surface area contributed by atoms with E-state index < -0.39 is 0 Å². The largest absolute Gasteiger partial charge is 1.00 e. The Balaban J connectivity index is 0.00000120. The van der Waals surface area contributed by atoms with E-state index in [0.29, 0.717) is 5.84 Å². The summed E-state index contributed by atoms with van der Waals surface area (Å²) in [6.07, 6.45) is 3.38. The molecule has 86 valence electrons. The summed E-state index contributed by atoms with van der Waals surface area (Å²) in [6, 6.07) is 6.21. The summed E-state index contributed by atoms with van der Waals surface area (Å²) >= 11 is 2.24. The van der Waals surface area contributed by atoms with E-state index >= 15 is 0 Å². The minimum Gasteiger partial charge on any atom is -0.485 e. The average Bonchev–Trinajstić information content (AvgIpc) is 2.56. The second-order valence-electron chi connectivity index (χ2n) is 4.56. The van der Waals surface area contributed by atoms with Gasteiger partial charge in [-0.3, -0.25) is 0 Å². The monoisotopic (exact) mass is 420 g/mol. The van der Waals surface area contributed by atoms with Crippen molar-refractivity contribution in [3.8, 4) is 11.8 Å². The molecule has 1 aliphatic carbocycles. The Hall–Kier alpha value is 0.785. The van der Waals surface area contributed by atoms with Crippen molar-refractivity contribution in [2.24, 2.45) is 4.99 Å². The van der Waals surface area contributed by atoms with E-state index in [4.69, 9.17) is 5.73 Å².